The molecule has 0 spiro atoms. The second-order valence-corrected chi connectivity index (χ2v) is 0.471. The maximum atomic E-state index is 3.36. The minimum atomic E-state index is 0. The third-order valence-electron chi connectivity index (χ3n) is 0.167. The van der Waals surface area contributed by atoms with E-state index in [-0.39, 0.29) is 40.8 Å². The smallest absolute Gasteiger partial charge is 0.0991 e. The molecule has 23 valence electrons. The van der Waals surface area contributed by atoms with E-state index in [1.807, 2.05) is 0 Å². The van der Waals surface area contributed by atoms with Gasteiger partial charge in [-0.15, -0.1) is 0 Å². The summed E-state index contributed by atoms with van der Waals surface area (Å²) in [5, 5.41) is 0. The van der Waals surface area contributed by atoms with Crippen LogP contribution < -0.4 is 0 Å². The van der Waals surface area contributed by atoms with Gasteiger partial charge in [0.1, 0.15) is 0 Å². The molecule has 0 atom stereocenters. The zero-order valence-corrected chi connectivity index (χ0v) is 6.28. The van der Waals surface area contributed by atoms with Gasteiger partial charge in [-0.3, -0.25) is 0 Å². The minimum Gasteiger partial charge on any atom is -0.0991 e. The van der Waals surface area contributed by atoms with Crippen molar-refractivity contribution in [1.29, 1.82) is 0 Å². The molecule has 0 heterocycles. The second kappa shape index (κ2) is 8.85. The van der Waals surface area contributed by atoms with Crippen LogP contribution in [0.25, 0.3) is 0 Å². The first-order valence-corrected chi connectivity index (χ1v) is 1.15. The number of hydrogen-bond acceptors (Lipinski definition) is 0. The van der Waals surface area contributed by atoms with Crippen molar-refractivity contribution < 1.29 is 40.8 Å². The summed E-state index contributed by atoms with van der Waals surface area (Å²) in [5.41, 5.74) is 0. The Bertz CT molecular complexity index is 24.6. The summed E-state index contributed by atoms with van der Waals surface area (Å²) < 4.78 is 0. The Morgan fingerprint density at radius 2 is 1.20 bits per heavy atom. The van der Waals surface area contributed by atoms with E-state index in [4.69, 9.17) is 0 Å². The van der Waals surface area contributed by atoms with Gasteiger partial charge in [0.2, 0.25) is 0 Å². The Morgan fingerprint density at radius 3 is 1.20 bits per heavy atom. The monoisotopic (exact) mass is 196 g/mol. The fourth-order valence-corrected chi connectivity index (χ4v) is 0. The molecule has 0 aromatic rings. The van der Waals surface area contributed by atoms with Gasteiger partial charge in [0.25, 0.3) is 0 Å². The molecule has 0 rings (SSSR count). The molecule has 0 aliphatic carbocycles. The van der Waals surface area contributed by atoms with E-state index >= 15 is 0 Å². The van der Waals surface area contributed by atoms with E-state index < -0.39 is 0 Å². The Labute approximate surface area is 65.5 Å². The number of allylic oxidation sites excluding steroid dienone is 2. The first kappa shape index (κ1) is 9.27. The SMILES string of the molecule is C=CC=C.[Nd+3]. The van der Waals surface area contributed by atoms with Gasteiger partial charge in [-0.25, -0.2) is 0 Å². The van der Waals surface area contributed by atoms with Crippen molar-refractivity contribution >= 4 is 0 Å². The normalized spacial score (nSPS) is 4.00. The third kappa shape index (κ3) is 11.5. The zero-order chi connectivity index (χ0) is 3.41. The van der Waals surface area contributed by atoms with Gasteiger partial charge in [0.05, 0.1) is 0 Å². The van der Waals surface area contributed by atoms with Crippen LogP contribution in [0.15, 0.2) is 25.3 Å². The topological polar surface area (TPSA) is 0 Å². The third-order valence-corrected chi connectivity index (χ3v) is 0.167. The van der Waals surface area contributed by atoms with Crippen LogP contribution >= 0.6 is 0 Å². The predicted molar refractivity (Wildman–Crippen MR) is 20.4 cm³/mol. The van der Waals surface area contributed by atoms with Gasteiger partial charge in [-0.05, 0) is 0 Å². The van der Waals surface area contributed by atoms with Crippen LogP contribution in [-0.2, 0) is 0 Å². The van der Waals surface area contributed by atoms with Crippen LogP contribution in [0.5, 0.6) is 0 Å². The van der Waals surface area contributed by atoms with Gasteiger partial charge < -0.3 is 0 Å². The molecule has 0 aromatic heterocycles. The first-order chi connectivity index (χ1) is 1.91. The zero-order valence-electron chi connectivity index (χ0n) is 3.07. The van der Waals surface area contributed by atoms with Gasteiger partial charge in [-0.1, -0.05) is 25.3 Å². The summed E-state index contributed by atoms with van der Waals surface area (Å²) in [6.07, 6.45) is 3.28. The van der Waals surface area contributed by atoms with Gasteiger partial charge >= 0.3 is 40.8 Å². The molecule has 0 unspecified atom stereocenters. The van der Waals surface area contributed by atoms with E-state index in [1.165, 1.54) is 0 Å². The van der Waals surface area contributed by atoms with E-state index in [9.17, 15) is 0 Å². The maximum absolute atomic E-state index is 3.36. The van der Waals surface area contributed by atoms with Crippen molar-refractivity contribution in [2.45, 2.75) is 0 Å². The molecule has 1 heteroatoms. The predicted octanol–water partition coefficient (Wildman–Crippen LogP) is 1.36. The average molecular weight is 198 g/mol. The molecular formula is C4H6Nd+3. The quantitative estimate of drug-likeness (QED) is 0.558. The standard InChI is InChI=1S/C4H6.Nd/c1-3-4-2;/h3-4H,1-2H2;/q;+3. The van der Waals surface area contributed by atoms with Crippen LogP contribution in [-0.4, -0.2) is 0 Å². The first-order valence-electron chi connectivity index (χ1n) is 1.15. The molecule has 0 N–H and O–H groups in total. The molecule has 0 aliphatic rings. The van der Waals surface area contributed by atoms with Gasteiger partial charge in [-0.2, -0.15) is 0 Å². The fraction of sp³-hybridized carbons (Fsp3) is 0. The average Bonchev–Trinajstić information content (AvgIpc) is 1.37. The summed E-state index contributed by atoms with van der Waals surface area (Å²) in [5.74, 6) is 0. The summed E-state index contributed by atoms with van der Waals surface area (Å²) in [4.78, 5) is 0. The molecule has 0 saturated carbocycles. The van der Waals surface area contributed by atoms with Crippen LogP contribution in [0, 0.1) is 40.8 Å². The van der Waals surface area contributed by atoms with Crippen molar-refractivity contribution in [1.82, 2.24) is 0 Å². The molecule has 0 bridgehead atoms. The van der Waals surface area contributed by atoms with Crippen LogP contribution in [0.3, 0.4) is 0 Å². The minimum absolute atomic E-state index is 0. The Morgan fingerprint density at radius 1 is 1.00 bits per heavy atom. The maximum Gasteiger partial charge on any atom is 3.00 e. The molecular weight excluding hydrogens is 192 g/mol. The number of rotatable bonds is 1. The van der Waals surface area contributed by atoms with Crippen LogP contribution in [0.2, 0.25) is 0 Å². The molecule has 5 heavy (non-hydrogen) atoms. The molecule has 0 aliphatic heterocycles. The second-order valence-electron chi connectivity index (χ2n) is 0.471. The van der Waals surface area contributed by atoms with Crippen LogP contribution in [0.1, 0.15) is 0 Å². The van der Waals surface area contributed by atoms with Crippen molar-refractivity contribution in [2.75, 3.05) is 0 Å². The van der Waals surface area contributed by atoms with Crippen LogP contribution in [0.4, 0.5) is 0 Å². The molecule has 0 saturated heterocycles. The molecule has 0 nitrogen and oxygen atoms in total. The fourth-order valence-electron chi connectivity index (χ4n) is 0. The van der Waals surface area contributed by atoms with Gasteiger partial charge in [0.15, 0.2) is 0 Å². The Balaban J connectivity index is 0. The molecule has 0 aromatic carbocycles. The van der Waals surface area contributed by atoms with E-state index in [0.717, 1.165) is 0 Å². The van der Waals surface area contributed by atoms with Crippen molar-refractivity contribution in [3.8, 4) is 0 Å². The van der Waals surface area contributed by atoms with E-state index in [0.29, 0.717) is 0 Å². The number of hydrogen-bond donors (Lipinski definition) is 0. The van der Waals surface area contributed by atoms with Crippen molar-refractivity contribution in [2.24, 2.45) is 0 Å². The summed E-state index contributed by atoms with van der Waals surface area (Å²) >= 11 is 0. The van der Waals surface area contributed by atoms with Gasteiger partial charge in [0, 0.05) is 0 Å². The summed E-state index contributed by atoms with van der Waals surface area (Å²) in [6, 6.07) is 0. The van der Waals surface area contributed by atoms with E-state index in [2.05, 4.69) is 13.2 Å². The molecule has 1 radical (unpaired) electrons. The largest absolute Gasteiger partial charge is 3.00 e. The van der Waals surface area contributed by atoms with E-state index in [1.54, 1.807) is 12.2 Å². The molecule has 0 fully saturated rings. The Hall–Kier alpha value is 0.831. The van der Waals surface area contributed by atoms with Crippen molar-refractivity contribution in [3.05, 3.63) is 25.3 Å². The Kier molecular flexibility index (Phi) is 16.4. The molecule has 0 amide bonds. The summed E-state index contributed by atoms with van der Waals surface area (Å²) in [7, 11) is 0. The van der Waals surface area contributed by atoms with Crippen molar-refractivity contribution in [3.63, 3.8) is 0 Å². The summed E-state index contributed by atoms with van der Waals surface area (Å²) in [6.45, 7) is 6.72.